The van der Waals surface area contributed by atoms with Crippen molar-refractivity contribution >= 4 is 27.5 Å². The minimum atomic E-state index is -3.45. The van der Waals surface area contributed by atoms with Crippen LogP contribution in [0.15, 0.2) is 23.2 Å². The van der Waals surface area contributed by atoms with E-state index in [-0.39, 0.29) is 24.8 Å². The molecule has 1 unspecified atom stereocenters. The van der Waals surface area contributed by atoms with Gasteiger partial charge < -0.3 is 20.8 Å². The summed E-state index contributed by atoms with van der Waals surface area (Å²) < 4.78 is 27.7. The summed E-state index contributed by atoms with van der Waals surface area (Å²) in [6.07, 6.45) is 6.14. The maximum absolute atomic E-state index is 13.1. The van der Waals surface area contributed by atoms with Crippen LogP contribution in [0.4, 0.5) is 5.69 Å². The lowest BCUT2D eigenvalue weighted by molar-refractivity contribution is -0.125. The number of sulfonamides is 1. The molecule has 1 saturated heterocycles. The molecule has 4 rings (SSSR count). The second kappa shape index (κ2) is 10.9. The van der Waals surface area contributed by atoms with Crippen molar-refractivity contribution in [3.05, 3.63) is 29.3 Å². The molecule has 0 aromatic heterocycles. The van der Waals surface area contributed by atoms with Gasteiger partial charge in [0.1, 0.15) is 11.4 Å². The van der Waals surface area contributed by atoms with Gasteiger partial charge in [-0.2, -0.15) is 0 Å². The second-order valence-electron chi connectivity index (χ2n) is 10.1. The number of nitrogens with one attached hydrogen (secondary N) is 2. The zero-order valence-corrected chi connectivity index (χ0v) is 21.3. The standard InChI is InChI=1S/C25H38N4O5S/c1-18-15-21(26-16-22(31)17-30)8-7-19(18)9-14-35(33,34)29-12-10-25(11-13-29)24(32)27-23(28-25)20-5-3-2-4-6-20/h7-8,15,20,22,26,30-31H,2-6,9-14,16-17H2,1H3,(H,27,28,32). The van der Waals surface area contributed by atoms with Crippen LogP contribution >= 0.6 is 0 Å². The summed E-state index contributed by atoms with van der Waals surface area (Å²) in [6, 6.07) is 5.66. The molecule has 194 valence electrons. The van der Waals surface area contributed by atoms with Gasteiger partial charge in [0.25, 0.3) is 5.91 Å². The summed E-state index contributed by atoms with van der Waals surface area (Å²) in [5.74, 6) is 1.11. The molecule has 2 fully saturated rings. The Morgan fingerprint density at radius 3 is 2.60 bits per heavy atom. The van der Waals surface area contributed by atoms with E-state index in [1.54, 1.807) is 0 Å². The van der Waals surface area contributed by atoms with Crippen LogP contribution < -0.4 is 10.6 Å². The number of amidine groups is 1. The van der Waals surface area contributed by atoms with Crippen LogP contribution in [0, 0.1) is 12.8 Å². The fourth-order valence-corrected chi connectivity index (χ4v) is 6.81. The average molecular weight is 507 g/mol. The Kier molecular flexibility index (Phi) is 8.15. The van der Waals surface area contributed by atoms with E-state index in [4.69, 9.17) is 10.1 Å². The number of amides is 1. The predicted octanol–water partition coefficient (Wildman–Crippen LogP) is 1.58. The van der Waals surface area contributed by atoms with Gasteiger partial charge in [0, 0.05) is 31.2 Å². The first kappa shape index (κ1) is 26.1. The molecule has 3 aliphatic rings. The van der Waals surface area contributed by atoms with Crippen molar-refractivity contribution in [2.45, 2.75) is 69.9 Å². The van der Waals surface area contributed by atoms with E-state index in [9.17, 15) is 18.3 Å². The number of rotatable bonds is 9. The third-order valence-electron chi connectivity index (χ3n) is 7.66. The Balaban J connectivity index is 1.32. The third kappa shape index (κ3) is 6.04. The zero-order valence-electron chi connectivity index (χ0n) is 20.5. The molecule has 4 N–H and O–H groups in total. The number of anilines is 1. The molecule has 1 amide bonds. The number of aryl methyl sites for hydroxylation is 2. The van der Waals surface area contributed by atoms with Gasteiger partial charge in [-0.1, -0.05) is 25.3 Å². The normalized spacial score (nSPS) is 22.1. The van der Waals surface area contributed by atoms with Gasteiger partial charge in [-0.15, -0.1) is 0 Å². The lowest BCUT2D eigenvalue weighted by Crippen LogP contribution is -2.51. The fraction of sp³-hybridized carbons (Fsp3) is 0.680. The minimum Gasteiger partial charge on any atom is -0.394 e. The van der Waals surface area contributed by atoms with Gasteiger partial charge in [0.15, 0.2) is 0 Å². The number of hydrogen-bond donors (Lipinski definition) is 4. The first-order chi connectivity index (χ1) is 16.7. The molecule has 1 aliphatic carbocycles. The number of carbonyl (C=O) groups excluding carboxylic acids is 1. The molecule has 0 bridgehead atoms. The second-order valence-corrected chi connectivity index (χ2v) is 12.2. The van der Waals surface area contributed by atoms with Crippen LogP contribution in [-0.2, 0) is 21.2 Å². The van der Waals surface area contributed by atoms with E-state index in [0.717, 1.165) is 35.5 Å². The first-order valence-electron chi connectivity index (χ1n) is 12.7. The summed E-state index contributed by atoms with van der Waals surface area (Å²) in [7, 11) is -3.45. The Bertz CT molecular complexity index is 1040. The van der Waals surface area contributed by atoms with Crippen LogP contribution in [-0.4, -0.2) is 78.3 Å². The Morgan fingerprint density at radius 2 is 1.94 bits per heavy atom. The van der Waals surface area contributed by atoms with Crippen LogP contribution in [0.1, 0.15) is 56.1 Å². The third-order valence-corrected chi connectivity index (χ3v) is 9.53. The molecule has 1 spiro atoms. The molecule has 1 aromatic rings. The van der Waals surface area contributed by atoms with Crippen LogP contribution in [0.25, 0.3) is 0 Å². The maximum atomic E-state index is 13.1. The van der Waals surface area contributed by atoms with Crippen LogP contribution in [0.3, 0.4) is 0 Å². The van der Waals surface area contributed by atoms with Crippen LogP contribution in [0.5, 0.6) is 0 Å². The highest BCUT2D eigenvalue weighted by molar-refractivity contribution is 7.89. The molecular weight excluding hydrogens is 468 g/mol. The van der Waals surface area contributed by atoms with E-state index < -0.39 is 21.7 Å². The topological polar surface area (TPSA) is 131 Å². The summed E-state index contributed by atoms with van der Waals surface area (Å²) in [6.45, 7) is 2.49. The van der Waals surface area contributed by atoms with Gasteiger partial charge in [-0.3, -0.25) is 9.79 Å². The van der Waals surface area contributed by atoms with Crippen molar-refractivity contribution in [2.75, 3.05) is 37.3 Å². The van der Waals surface area contributed by atoms with E-state index in [1.165, 1.54) is 23.6 Å². The summed E-state index contributed by atoms with van der Waals surface area (Å²) >= 11 is 0. The number of piperidine rings is 1. The van der Waals surface area contributed by atoms with Crippen LogP contribution in [0.2, 0.25) is 0 Å². The highest BCUT2D eigenvalue weighted by Crippen LogP contribution is 2.35. The molecule has 1 aromatic carbocycles. The first-order valence-corrected chi connectivity index (χ1v) is 14.3. The van der Waals surface area contributed by atoms with E-state index in [2.05, 4.69) is 10.6 Å². The lowest BCUT2D eigenvalue weighted by atomic mass is 9.88. The van der Waals surface area contributed by atoms with Crippen molar-refractivity contribution in [1.82, 2.24) is 9.62 Å². The number of hydrogen-bond acceptors (Lipinski definition) is 7. The molecule has 2 heterocycles. The summed E-state index contributed by atoms with van der Waals surface area (Å²) in [5, 5.41) is 24.5. The predicted molar refractivity (Wildman–Crippen MR) is 136 cm³/mol. The number of aliphatic imine (C=N–C) groups is 1. The Morgan fingerprint density at radius 1 is 1.23 bits per heavy atom. The van der Waals surface area contributed by atoms with Crippen molar-refractivity contribution in [3.63, 3.8) is 0 Å². The highest BCUT2D eigenvalue weighted by Gasteiger charge is 2.48. The lowest BCUT2D eigenvalue weighted by Gasteiger charge is -2.34. The van der Waals surface area contributed by atoms with E-state index in [0.29, 0.717) is 38.3 Å². The molecular formula is C25H38N4O5S. The van der Waals surface area contributed by atoms with Gasteiger partial charge >= 0.3 is 0 Å². The molecule has 9 nitrogen and oxygen atoms in total. The fourth-order valence-electron chi connectivity index (χ4n) is 5.34. The van der Waals surface area contributed by atoms with E-state index in [1.807, 2.05) is 25.1 Å². The number of nitrogens with zero attached hydrogens (tertiary/aromatic N) is 2. The molecule has 2 aliphatic heterocycles. The zero-order chi connectivity index (χ0) is 25.1. The number of benzene rings is 1. The van der Waals surface area contributed by atoms with E-state index >= 15 is 0 Å². The van der Waals surface area contributed by atoms with Gasteiger partial charge in [-0.05, 0) is 62.3 Å². The number of carbonyl (C=O) groups is 1. The van der Waals surface area contributed by atoms with Gasteiger partial charge in [-0.25, -0.2) is 12.7 Å². The van der Waals surface area contributed by atoms with Crippen molar-refractivity contribution in [1.29, 1.82) is 0 Å². The smallest absolute Gasteiger partial charge is 0.253 e. The van der Waals surface area contributed by atoms with Crippen molar-refractivity contribution < 1.29 is 23.4 Å². The average Bonchev–Trinajstić information content (AvgIpc) is 3.18. The van der Waals surface area contributed by atoms with Gasteiger partial charge in [0.2, 0.25) is 10.0 Å². The Labute approximate surface area is 208 Å². The van der Waals surface area contributed by atoms with Crippen molar-refractivity contribution in [2.24, 2.45) is 10.9 Å². The molecule has 1 atom stereocenters. The number of aliphatic hydroxyl groups excluding tert-OH is 2. The number of aliphatic hydroxyl groups is 2. The quantitative estimate of drug-likeness (QED) is 0.402. The largest absolute Gasteiger partial charge is 0.394 e. The SMILES string of the molecule is Cc1cc(NCC(O)CO)ccc1CCS(=O)(=O)N1CCC2(CC1)N=C(C1CCCCC1)NC2=O. The maximum Gasteiger partial charge on any atom is 0.253 e. The molecule has 0 radical (unpaired) electrons. The Hall–Kier alpha value is -2.01. The summed E-state index contributed by atoms with van der Waals surface area (Å²) in [5.41, 5.74) is 1.92. The molecule has 1 saturated carbocycles. The minimum absolute atomic E-state index is 0.0135. The van der Waals surface area contributed by atoms with Gasteiger partial charge in [0.05, 0.1) is 18.5 Å². The molecule has 35 heavy (non-hydrogen) atoms. The summed E-state index contributed by atoms with van der Waals surface area (Å²) in [4.78, 5) is 17.7. The highest BCUT2D eigenvalue weighted by atomic mass is 32.2. The molecule has 10 heteroatoms. The van der Waals surface area contributed by atoms with Crippen molar-refractivity contribution in [3.8, 4) is 0 Å². The monoisotopic (exact) mass is 506 g/mol.